The van der Waals surface area contributed by atoms with Crippen molar-refractivity contribution in [3.05, 3.63) is 35.7 Å². The molecule has 138 valence electrons. The highest BCUT2D eigenvalue weighted by Gasteiger charge is 2.36. The van der Waals surface area contributed by atoms with Gasteiger partial charge in [-0.1, -0.05) is 44.0 Å². The van der Waals surface area contributed by atoms with Crippen LogP contribution in [0.5, 0.6) is 0 Å². The van der Waals surface area contributed by atoms with Gasteiger partial charge in [0.25, 0.3) is 5.89 Å². The number of nitrogens with zero attached hydrogens (tertiary/aromatic N) is 3. The Morgan fingerprint density at radius 1 is 1.16 bits per heavy atom. The molecule has 6 heteroatoms. The van der Waals surface area contributed by atoms with Gasteiger partial charge in [0.15, 0.2) is 5.82 Å². The monoisotopic (exact) mass is 364 g/mol. The van der Waals surface area contributed by atoms with Crippen LogP contribution in [0.1, 0.15) is 57.3 Å². The second-order valence-electron chi connectivity index (χ2n) is 6.85. The van der Waals surface area contributed by atoms with E-state index in [2.05, 4.69) is 53.2 Å². The van der Waals surface area contributed by atoms with Gasteiger partial charge in [0.2, 0.25) is 0 Å². The van der Waals surface area contributed by atoms with Crippen molar-refractivity contribution in [2.24, 2.45) is 5.73 Å². The molecule has 2 N–H and O–H groups in total. The van der Waals surface area contributed by atoms with Crippen LogP contribution in [0.25, 0.3) is 11.5 Å². The van der Waals surface area contributed by atoms with Crippen molar-refractivity contribution in [1.82, 2.24) is 15.0 Å². The summed E-state index contributed by atoms with van der Waals surface area (Å²) < 4.78 is 5.46. The third-order valence-electron chi connectivity index (χ3n) is 4.96. The fourth-order valence-electron chi connectivity index (χ4n) is 3.45. The van der Waals surface area contributed by atoms with E-state index in [0.29, 0.717) is 11.7 Å². The molecule has 0 amide bonds. The molecule has 0 radical (unpaired) electrons. The molecule has 3 rings (SSSR count). The van der Waals surface area contributed by atoms with Crippen LogP contribution in [0.15, 0.2) is 28.8 Å². The largest absolute Gasteiger partial charge is 0.334 e. The summed E-state index contributed by atoms with van der Waals surface area (Å²) >= 11 is 0. The first-order valence-electron chi connectivity index (χ1n) is 9.09. The topological polar surface area (TPSA) is 68.2 Å². The minimum atomic E-state index is -0.399. The van der Waals surface area contributed by atoms with Crippen molar-refractivity contribution < 1.29 is 4.52 Å². The summed E-state index contributed by atoms with van der Waals surface area (Å²) in [5.41, 5.74) is 8.27. The van der Waals surface area contributed by atoms with Gasteiger partial charge >= 0.3 is 0 Å². The molecule has 2 aromatic rings. The standard InChI is InChI=1S/C19H28N4O.ClH/c1-3-13-23(4-2)14-15-7-9-16(10-8-15)17-21-18(22-24-17)19(20)11-5-6-12-19;/h7-10H,3-6,11-14,20H2,1-2H3;1H. The highest BCUT2D eigenvalue weighted by molar-refractivity contribution is 5.85. The van der Waals surface area contributed by atoms with E-state index in [1.165, 1.54) is 12.0 Å². The van der Waals surface area contributed by atoms with Crippen molar-refractivity contribution >= 4 is 12.4 Å². The highest BCUT2D eigenvalue weighted by atomic mass is 35.5. The number of nitrogens with two attached hydrogens (primary N) is 1. The Hall–Kier alpha value is -1.43. The van der Waals surface area contributed by atoms with Crippen molar-refractivity contribution in [1.29, 1.82) is 0 Å². The molecule has 0 saturated heterocycles. The van der Waals surface area contributed by atoms with E-state index < -0.39 is 5.54 Å². The summed E-state index contributed by atoms with van der Waals surface area (Å²) in [6, 6.07) is 8.41. The molecule has 0 spiro atoms. The van der Waals surface area contributed by atoms with Gasteiger partial charge in [0.1, 0.15) is 0 Å². The molecule has 0 atom stereocenters. The molecule has 5 nitrogen and oxygen atoms in total. The Morgan fingerprint density at radius 2 is 1.84 bits per heavy atom. The van der Waals surface area contributed by atoms with Crippen LogP contribution in [-0.4, -0.2) is 28.1 Å². The number of hydrogen-bond donors (Lipinski definition) is 1. The first-order chi connectivity index (χ1) is 11.6. The molecule has 1 saturated carbocycles. The number of aromatic nitrogens is 2. The van der Waals surface area contributed by atoms with Crippen molar-refractivity contribution in [3.8, 4) is 11.5 Å². The predicted molar refractivity (Wildman–Crippen MR) is 103 cm³/mol. The molecule has 0 bridgehead atoms. The lowest BCUT2D eigenvalue weighted by molar-refractivity contribution is 0.280. The van der Waals surface area contributed by atoms with E-state index in [0.717, 1.165) is 50.9 Å². The maximum absolute atomic E-state index is 6.40. The van der Waals surface area contributed by atoms with Crippen molar-refractivity contribution in [3.63, 3.8) is 0 Å². The third kappa shape index (κ3) is 4.60. The lowest BCUT2D eigenvalue weighted by Gasteiger charge is -2.19. The average Bonchev–Trinajstić information content (AvgIpc) is 3.25. The highest BCUT2D eigenvalue weighted by Crippen LogP contribution is 2.35. The first kappa shape index (κ1) is 19.9. The molecule has 1 heterocycles. The molecule has 1 fully saturated rings. The van der Waals surface area contributed by atoms with Gasteiger partial charge in [-0.15, -0.1) is 12.4 Å². The first-order valence-corrected chi connectivity index (χ1v) is 9.09. The Labute approximate surface area is 156 Å². The molecule has 1 aliphatic carbocycles. The summed E-state index contributed by atoms with van der Waals surface area (Å²) in [5, 5.41) is 4.14. The molecule has 0 aliphatic heterocycles. The quantitative estimate of drug-likeness (QED) is 0.800. The predicted octanol–water partition coefficient (Wildman–Crippen LogP) is 4.12. The van der Waals surface area contributed by atoms with E-state index >= 15 is 0 Å². The van der Waals surface area contributed by atoms with Gasteiger partial charge in [0.05, 0.1) is 5.54 Å². The second kappa shape index (κ2) is 8.79. The van der Waals surface area contributed by atoms with Crippen LogP contribution in [0.2, 0.25) is 0 Å². The van der Waals surface area contributed by atoms with E-state index in [4.69, 9.17) is 10.3 Å². The smallest absolute Gasteiger partial charge is 0.257 e. The molecule has 1 aromatic carbocycles. The van der Waals surface area contributed by atoms with Crippen LogP contribution in [0, 0.1) is 0 Å². The number of benzene rings is 1. The Balaban J connectivity index is 0.00000225. The van der Waals surface area contributed by atoms with E-state index in [1.54, 1.807) is 0 Å². The molecular formula is C19H29ClN4O. The Bertz CT molecular complexity index is 650. The van der Waals surface area contributed by atoms with Crippen LogP contribution < -0.4 is 5.73 Å². The van der Waals surface area contributed by atoms with Gasteiger partial charge < -0.3 is 10.3 Å². The summed E-state index contributed by atoms with van der Waals surface area (Å²) in [4.78, 5) is 7.00. The number of hydrogen-bond acceptors (Lipinski definition) is 5. The summed E-state index contributed by atoms with van der Waals surface area (Å²) in [6.45, 7) is 7.60. The van der Waals surface area contributed by atoms with Crippen molar-refractivity contribution in [2.45, 2.75) is 58.0 Å². The maximum atomic E-state index is 6.40. The Kier molecular flexibility index (Phi) is 6.99. The fraction of sp³-hybridized carbons (Fsp3) is 0.579. The van der Waals surface area contributed by atoms with Gasteiger partial charge in [0, 0.05) is 12.1 Å². The Morgan fingerprint density at radius 3 is 2.44 bits per heavy atom. The lowest BCUT2D eigenvalue weighted by atomic mass is 9.98. The molecule has 1 aromatic heterocycles. The molecule has 0 unspecified atom stereocenters. The van der Waals surface area contributed by atoms with E-state index in [1.807, 2.05) is 0 Å². The maximum Gasteiger partial charge on any atom is 0.257 e. The van der Waals surface area contributed by atoms with Crippen molar-refractivity contribution in [2.75, 3.05) is 13.1 Å². The van der Waals surface area contributed by atoms with Crippen LogP contribution in [0.4, 0.5) is 0 Å². The van der Waals surface area contributed by atoms with Crippen LogP contribution in [-0.2, 0) is 12.1 Å². The SMILES string of the molecule is CCCN(CC)Cc1ccc(-c2nc(C3(N)CCCC3)no2)cc1.Cl. The van der Waals surface area contributed by atoms with E-state index in [-0.39, 0.29) is 12.4 Å². The van der Waals surface area contributed by atoms with Gasteiger partial charge in [-0.2, -0.15) is 4.98 Å². The molecule has 1 aliphatic rings. The summed E-state index contributed by atoms with van der Waals surface area (Å²) in [6.07, 6.45) is 5.34. The average molecular weight is 365 g/mol. The minimum Gasteiger partial charge on any atom is -0.334 e. The number of rotatable bonds is 7. The normalized spacial score (nSPS) is 16.2. The zero-order valence-corrected chi connectivity index (χ0v) is 16.0. The van der Waals surface area contributed by atoms with Gasteiger partial charge in [-0.05, 0) is 50.0 Å². The van der Waals surface area contributed by atoms with E-state index in [9.17, 15) is 0 Å². The summed E-state index contributed by atoms with van der Waals surface area (Å²) in [5.74, 6) is 1.22. The third-order valence-corrected chi connectivity index (χ3v) is 4.96. The second-order valence-corrected chi connectivity index (χ2v) is 6.85. The summed E-state index contributed by atoms with van der Waals surface area (Å²) in [7, 11) is 0. The fourth-order valence-corrected chi connectivity index (χ4v) is 3.45. The minimum absolute atomic E-state index is 0. The van der Waals surface area contributed by atoms with Crippen LogP contribution >= 0.6 is 12.4 Å². The molecular weight excluding hydrogens is 336 g/mol. The van der Waals surface area contributed by atoms with Gasteiger partial charge in [-0.25, -0.2) is 0 Å². The molecule has 25 heavy (non-hydrogen) atoms. The van der Waals surface area contributed by atoms with Crippen LogP contribution in [0.3, 0.4) is 0 Å². The zero-order chi connectivity index (χ0) is 17.0. The van der Waals surface area contributed by atoms with Gasteiger partial charge in [-0.3, -0.25) is 4.90 Å². The number of halogens is 1. The lowest BCUT2D eigenvalue weighted by Crippen LogP contribution is -2.34. The zero-order valence-electron chi connectivity index (χ0n) is 15.2.